The van der Waals surface area contributed by atoms with Crippen LogP contribution in [-0.4, -0.2) is 24.9 Å². The Kier molecular flexibility index (Phi) is 6.23. The summed E-state index contributed by atoms with van der Waals surface area (Å²) in [5.74, 6) is 1.38. The predicted molar refractivity (Wildman–Crippen MR) is 108 cm³/mol. The standard InChI is InChI=1S/C23H24N2O2/c1-25(2)17-20-9-7-6-8-19(20)16-24-23(26)18-12-14-22(15-13-18)27-21-10-4-3-5-11-21/h3-15H,16-17H2,1-2H3,(H,24,26). The molecule has 0 aliphatic carbocycles. The Hall–Kier alpha value is -3.11. The molecule has 3 aromatic rings. The summed E-state index contributed by atoms with van der Waals surface area (Å²) in [7, 11) is 4.07. The van der Waals surface area contributed by atoms with E-state index in [2.05, 4.69) is 22.3 Å². The molecule has 0 radical (unpaired) electrons. The van der Waals surface area contributed by atoms with Crippen molar-refractivity contribution in [2.45, 2.75) is 13.1 Å². The number of carbonyl (C=O) groups excluding carboxylic acids is 1. The lowest BCUT2D eigenvalue weighted by atomic mass is 10.1. The topological polar surface area (TPSA) is 41.6 Å². The van der Waals surface area contributed by atoms with Gasteiger partial charge in [-0.05, 0) is 61.6 Å². The molecule has 0 atom stereocenters. The monoisotopic (exact) mass is 360 g/mol. The summed E-state index contributed by atoms with van der Waals surface area (Å²) in [6.07, 6.45) is 0. The van der Waals surface area contributed by atoms with Crippen LogP contribution in [-0.2, 0) is 13.1 Å². The van der Waals surface area contributed by atoms with E-state index in [0.29, 0.717) is 17.9 Å². The lowest BCUT2D eigenvalue weighted by molar-refractivity contribution is 0.0951. The van der Waals surface area contributed by atoms with Gasteiger partial charge in [-0.3, -0.25) is 4.79 Å². The summed E-state index contributed by atoms with van der Waals surface area (Å²) >= 11 is 0. The summed E-state index contributed by atoms with van der Waals surface area (Å²) in [5.41, 5.74) is 2.96. The van der Waals surface area contributed by atoms with E-state index in [1.807, 2.05) is 68.7 Å². The van der Waals surface area contributed by atoms with E-state index in [1.54, 1.807) is 12.1 Å². The van der Waals surface area contributed by atoms with Crippen LogP contribution in [0.25, 0.3) is 0 Å². The molecule has 4 nitrogen and oxygen atoms in total. The molecule has 0 spiro atoms. The van der Waals surface area contributed by atoms with Crippen molar-refractivity contribution in [3.05, 3.63) is 95.6 Å². The molecule has 27 heavy (non-hydrogen) atoms. The molecule has 0 saturated carbocycles. The third-order valence-electron chi connectivity index (χ3n) is 4.14. The predicted octanol–water partition coefficient (Wildman–Crippen LogP) is 4.47. The minimum absolute atomic E-state index is 0.0964. The van der Waals surface area contributed by atoms with Crippen molar-refractivity contribution in [2.75, 3.05) is 14.1 Å². The minimum atomic E-state index is -0.0964. The van der Waals surface area contributed by atoms with Gasteiger partial charge >= 0.3 is 0 Å². The Labute approximate surface area is 160 Å². The highest BCUT2D eigenvalue weighted by atomic mass is 16.5. The number of rotatable bonds is 7. The van der Waals surface area contributed by atoms with Crippen molar-refractivity contribution in [2.24, 2.45) is 0 Å². The third-order valence-corrected chi connectivity index (χ3v) is 4.14. The third kappa shape index (κ3) is 5.43. The second-order valence-corrected chi connectivity index (χ2v) is 6.63. The summed E-state index contributed by atoms with van der Waals surface area (Å²) in [4.78, 5) is 14.6. The maximum absolute atomic E-state index is 12.5. The van der Waals surface area contributed by atoms with Crippen LogP contribution < -0.4 is 10.1 Å². The second kappa shape index (κ2) is 9.01. The second-order valence-electron chi connectivity index (χ2n) is 6.63. The van der Waals surface area contributed by atoms with Gasteiger partial charge in [-0.25, -0.2) is 0 Å². The Morgan fingerprint density at radius 1 is 0.815 bits per heavy atom. The molecule has 138 valence electrons. The molecule has 3 rings (SSSR count). The van der Waals surface area contributed by atoms with Crippen LogP contribution in [0.3, 0.4) is 0 Å². The average Bonchev–Trinajstić information content (AvgIpc) is 2.68. The van der Waals surface area contributed by atoms with Crippen LogP contribution in [0.5, 0.6) is 11.5 Å². The number of amides is 1. The first kappa shape index (κ1) is 18.7. The lowest BCUT2D eigenvalue weighted by Gasteiger charge is -2.14. The van der Waals surface area contributed by atoms with Gasteiger partial charge in [0.05, 0.1) is 0 Å². The van der Waals surface area contributed by atoms with Crippen molar-refractivity contribution in [1.82, 2.24) is 10.2 Å². The first-order valence-corrected chi connectivity index (χ1v) is 8.94. The van der Waals surface area contributed by atoms with E-state index >= 15 is 0 Å². The highest BCUT2D eigenvalue weighted by Gasteiger charge is 2.08. The highest BCUT2D eigenvalue weighted by Crippen LogP contribution is 2.21. The van der Waals surface area contributed by atoms with Gasteiger partial charge in [0.1, 0.15) is 11.5 Å². The Morgan fingerprint density at radius 3 is 2.07 bits per heavy atom. The van der Waals surface area contributed by atoms with Gasteiger partial charge in [-0.1, -0.05) is 42.5 Å². The Morgan fingerprint density at radius 2 is 1.41 bits per heavy atom. The van der Waals surface area contributed by atoms with Crippen molar-refractivity contribution in [3.8, 4) is 11.5 Å². The average molecular weight is 360 g/mol. The fourth-order valence-corrected chi connectivity index (χ4v) is 2.80. The largest absolute Gasteiger partial charge is 0.457 e. The van der Waals surface area contributed by atoms with Crippen molar-refractivity contribution in [3.63, 3.8) is 0 Å². The number of hydrogen-bond donors (Lipinski definition) is 1. The molecule has 1 N–H and O–H groups in total. The van der Waals surface area contributed by atoms with E-state index in [9.17, 15) is 4.79 Å². The molecule has 0 fully saturated rings. The van der Waals surface area contributed by atoms with E-state index in [0.717, 1.165) is 17.9 Å². The summed E-state index contributed by atoms with van der Waals surface area (Å²) in [5, 5.41) is 3.00. The number of hydrogen-bond acceptors (Lipinski definition) is 3. The van der Waals surface area contributed by atoms with Gasteiger partial charge in [0.2, 0.25) is 0 Å². The first-order valence-electron chi connectivity index (χ1n) is 8.94. The van der Waals surface area contributed by atoms with Crippen molar-refractivity contribution >= 4 is 5.91 Å². The van der Waals surface area contributed by atoms with Crippen LogP contribution in [0.4, 0.5) is 0 Å². The number of benzene rings is 3. The normalized spacial score (nSPS) is 10.6. The summed E-state index contributed by atoms with van der Waals surface area (Å²) in [6, 6.07) is 24.9. The quantitative estimate of drug-likeness (QED) is 0.676. The van der Waals surface area contributed by atoms with Gasteiger partial charge in [0.25, 0.3) is 5.91 Å². The number of para-hydroxylation sites is 1. The van der Waals surface area contributed by atoms with Crippen LogP contribution >= 0.6 is 0 Å². The highest BCUT2D eigenvalue weighted by molar-refractivity contribution is 5.94. The smallest absolute Gasteiger partial charge is 0.251 e. The summed E-state index contributed by atoms with van der Waals surface area (Å²) < 4.78 is 5.76. The molecule has 0 bridgehead atoms. The minimum Gasteiger partial charge on any atom is -0.457 e. The van der Waals surface area contributed by atoms with E-state index in [-0.39, 0.29) is 5.91 Å². The zero-order valence-electron chi connectivity index (χ0n) is 15.7. The van der Waals surface area contributed by atoms with E-state index < -0.39 is 0 Å². The van der Waals surface area contributed by atoms with E-state index in [4.69, 9.17) is 4.74 Å². The maximum atomic E-state index is 12.5. The molecule has 0 unspecified atom stereocenters. The Bertz CT molecular complexity index is 874. The van der Waals surface area contributed by atoms with E-state index in [1.165, 1.54) is 5.56 Å². The molecule has 0 aliphatic heterocycles. The summed E-state index contributed by atoms with van der Waals surface area (Å²) in [6.45, 7) is 1.35. The van der Waals surface area contributed by atoms with Crippen molar-refractivity contribution in [1.29, 1.82) is 0 Å². The molecule has 0 saturated heterocycles. The van der Waals surface area contributed by atoms with Crippen LogP contribution in [0.2, 0.25) is 0 Å². The molecule has 4 heteroatoms. The van der Waals surface area contributed by atoms with Gasteiger partial charge in [0.15, 0.2) is 0 Å². The number of ether oxygens (including phenoxy) is 1. The number of nitrogens with zero attached hydrogens (tertiary/aromatic N) is 1. The first-order chi connectivity index (χ1) is 13.1. The zero-order valence-corrected chi connectivity index (χ0v) is 15.7. The Balaban J connectivity index is 1.60. The van der Waals surface area contributed by atoms with Gasteiger partial charge < -0.3 is 15.0 Å². The molecule has 0 aromatic heterocycles. The van der Waals surface area contributed by atoms with Crippen LogP contribution in [0.1, 0.15) is 21.5 Å². The molecular formula is C23H24N2O2. The molecule has 3 aromatic carbocycles. The fourth-order valence-electron chi connectivity index (χ4n) is 2.80. The molecule has 0 aliphatic rings. The van der Waals surface area contributed by atoms with Crippen molar-refractivity contribution < 1.29 is 9.53 Å². The van der Waals surface area contributed by atoms with Gasteiger partial charge in [-0.2, -0.15) is 0 Å². The lowest BCUT2D eigenvalue weighted by Crippen LogP contribution is -2.24. The maximum Gasteiger partial charge on any atom is 0.251 e. The van der Waals surface area contributed by atoms with Gasteiger partial charge in [0, 0.05) is 18.7 Å². The zero-order chi connectivity index (χ0) is 19.1. The molecule has 1 amide bonds. The SMILES string of the molecule is CN(C)Cc1ccccc1CNC(=O)c1ccc(Oc2ccccc2)cc1. The van der Waals surface area contributed by atoms with Crippen LogP contribution in [0, 0.1) is 0 Å². The molecule has 0 heterocycles. The number of carbonyl (C=O) groups is 1. The van der Waals surface area contributed by atoms with Gasteiger partial charge in [-0.15, -0.1) is 0 Å². The molecular weight excluding hydrogens is 336 g/mol. The van der Waals surface area contributed by atoms with Crippen LogP contribution in [0.15, 0.2) is 78.9 Å². The fraction of sp³-hybridized carbons (Fsp3) is 0.174. The number of nitrogens with one attached hydrogen (secondary N) is 1.